The van der Waals surface area contributed by atoms with Crippen LogP contribution < -0.4 is 0 Å². The lowest BCUT2D eigenvalue weighted by molar-refractivity contribution is -0.128. The summed E-state index contributed by atoms with van der Waals surface area (Å²) in [6.07, 6.45) is 1.75. The number of fused-ring (bicyclic) bond motifs is 1. The third-order valence-corrected chi connectivity index (χ3v) is 4.90. The third-order valence-electron chi connectivity index (χ3n) is 3.22. The molecule has 0 atom stereocenters. The maximum absolute atomic E-state index is 12.4. The van der Waals surface area contributed by atoms with Crippen molar-refractivity contribution in [3.05, 3.63) is 59.3 Å². The molecule has 3 aromatic rings. The van der Waals surface area contributed by atoms with Crippen molar-refractivity contribution in [3.63, 3.8) is 0 Å². The van der Waals surface area contributed by atoms with E-state index in [0.29, 0.717) is 24.1 Å². The lowest BCUT2D eigenvalue weighted by atomic mass is 10.3. The summed E-state index contributed by atoms with van der Waals surface area (Å²) in [6.45, 7) is 4.87. The molecule has 0 fully saturated rings. The van der Waals surface area contributed by atoms with Crippen LogP contribution >= 0.6 is 23.1 Å². The Morgan fingerprint density at radius 1 is 1.35 bits per heavy atom. The molecule has 6 heteroatoms. The summed E-state index contributed by atoms with van der Waals surface area (Å²) in [5, 5.41) is 2.54. The average Bonchev–Trinajstić information content (AvgIpc) is 3.21. The smallest absolute Gasteiger partial charge is 0.257 e. The summed E-state index contributed by atoms with van der Waals surface area (Å²) in [5.74, 6) is 0.344. The summed E-state index contributed by atoms with van der Waals surface area (Å²) in [5.41, 5.74) is 1.55. The van der Waals surface area contributed by atoms with Crippen LogP contribution in [-0.4, -0.2) is 28.1 Å². The molecule has 0 radical (unpaired) electrons. The molecule has 0 unspecified atom stereocenters. The molecule has 0 N–H and O–H groups in total. The van der Waals surface area contributed by atoms with E-state index >= 15 is 0 Å². The molecule has 0 aliphatic rings. The molecule has 118 valence electrons. The molecular formula is C17H16N2O2S2. The van der Waals surface area contributed by atoms with Crippen LogP contribution in [-0.2, 0) is 11.3 Å². The Morgan fingerprint density at radius 2 is 2.22 bits per heavy atom. The number of thioether (sulfide) groups is 1. The minimum absolute atomic E-state index is 0.0468. The van der Waals surface area contributed by atoms with Crippen LogP contribution in [0.15, 0.2) is 64.1 Å². The van der Waals surface area contributed by atoms with Crippen LogP contribution in [0.1, 0.15) is 4.88 Å². The molecule has 0 bridgehead atoms. The molecule has 0 saturated heterocycles. The second-order valence-electron chi connectivity index (χ2n) is 4.88. The first-order valence-electron chi connectivity index (χ1n) is 7.15. The zero-order chi connectivity index (χ0) is 16.1. The Kier molecular flexibility index (Phi) is 5.15. The summed E-state index contributed by atoms with van der Waals surface area (Å²) < 4.78 is 5.63. The van der Waals surface area contributed by atoms with Crippen molar-refractivity contribution >= 4 is 40.1 Å². The highest BCUT2D eigenvalue weighted by Gasteiger charge is 2.15. The van der Waals surface area contributed by atoms with Crippen molar-refractivity contribution in [1.82, 2.24) is 9.88 Å². The van der Waals surface area contributed by atoms with Crippen molar-refractivity contribution in [2.24, 2.45) is 0 Å². The van der Waals surface area contributed by atoms with E-state index in [9.17, 15) is 4.79 Å². The highest BCUT2D eigenvalue weighted by Crippen LogP contribution is 2.23. The molecule has 0 aliphatic heterocycles. The van der Waals surface area contributed by atoms with Gasteiger partial charge in [-0.1, -0.05) is 36.0 Å². The molecule has 1 aromatic carbocycles. The van der Waals surface area contributed by atoms with Crippen LogP contribution in [0.2, 0.25) is 0 Å². The summed E-state index contributed by atoms with van der Waals surface area (Å²) in [4.78, 5) is 19.8. The maximum Gasteiger partial charge on any atom is 0.257 e. The molecule has 4 nitrogen and oxygen atoms in total. The molecule has 2 heterocycles. The fourth-order valence-corrected chi connectivity index (χ4v) is 3.59. The van der Waals surface area contributed by atoms with E-state index in [4.69, 9.17) is 4.42 Å². The molecule has 0 aliphatic carbocycles. The van der Waals surface area contributed by atoms with E-state index in [1.165, 1.54) is 11.8 Å². The van der Waals surface area contributed by atoms with Gasteiger partial charge < -0.3 is 9.32 Å². The van der Waals surface area contributed by atoms with Crippen LogP contribution in [0.3, 0.4) is 0 Å². The quantitative estimate of drug-likeness (QED) is 0.476. The molecular weight excluding hydrogens is 328 g/mol. The standard InChI is InChI=1S/C17H16N2O2S2/c1-2-9-19(11-13-6-5-10-22-13)16(20)12-23-17-18-14-7-3-4-8-15(14)21-17/h2-8,10H,1,9,11-12H2. The Balaban J connectivity index is 1.62. The van der Waals surface area contributed by atoms with Gasteiger partial charge in [0, 0.05) is 11.4 Å². The van der Waals surface area contributed by atoms with Gasteiger partial charge in [0.2, 0.25) is 5.91 Å². The van der Waals surface area contributed by atoms with Crippen LogP contribution in [0.5, 0.6) is 0 Å². The average molecular weight is 344 g/mol. The van der Waals surface area contributed by atoms with Crippen molar-refractivity contribution in [2.45, 2.75) is 11.8 Å². The predicted molar refractivity (Wildman–Crippen MR) is 94.7 cm³/mol. The van der Waals surface area contributed by atoms with Crippen LogP contribution in [0.25, 0.3) is 11.1 Å². The molecule has 3 rings (SSSR count). The van der Waals surface area contributed by atoms with E-state index in [-0.39, 0.29) is 5.91 Å². The van der Waals surface area contributed by atoms with Gasteiger partial charge in [-0.25, -0.2) is 4.98 Å². The number of rotatable bonds is 7. The van der Waals surface area contributed by atoms with Crippen molar-refractivity contribution in [3.8, 4) is 0 Å². The number of hydrogen-bond donors (Lipinski definition) is 0. The Morgan fingerprint density at radius 3 is 2.96 bits per heavy atom. The third kappa shape index (κ3) is 4.03. The van der Waals surface area contributed by atoms with Crippen molar-refractivity contribution in [2.75, 3.05) is 12.3 Å². The van der Waals surface area contributed by atoms with Gasteiger partial charge in [0.15, 0.2) is 5.58 Å². The van der Waals surface area contributed by atoms with Gasteiger partial charge in [-0.2, -0.15) is 0 Å². The van der Waals surface area contributed by atoms with Gasteiger partial charge >= 0.3 is 0 Å². The van der Waals surface area contributed by atoms with Gasteiger partial charge in [-0.05, 0) is 23.6 Å². The minimum Gasteiger partial charge on any atom is -0.431 e. The largest absolute Gasteiger partial charge is 0.431 e. The van der Waals surface area contributed by atoms with Crippen LogP contribution in [0, 0.1) is 0 Å². The van der Waals surface area contributed by atoms with E-state index in [0.717, 1.165) is 16.0 Å². The molecule has 2 aromatic heterocycles. The number of nitrogens with zero attached hydrogens (tertiary/aromatic N) is 2. The number of hydrogen-bond acceptors (Lipinski definition) is 5. The van der Waals surface area contributed by atoms with E-state index in [2.05, 4.69) is 11.6 Å². The van der Waals surface area contributed by atoms with E-state index in [1.807, 2.05) is 41.8 Å². The lowest BCUT2D eigenvalue weighted by Crippen LogP contribution is -2.31. The molecule has 1 amide bonds. The van der Waals surface area contributed by atoms with Crippen LogP contribution in [0.4, 0.5) is 0 Å². The van der Waals surface area contributed by atoms with Crippen molar-refractivity contribution in [1.29, 1.82) is 0 Å². The first-order chi connectivity index (χ1) is 11.3. The topological polar surface area (TPSA) is 46.3 Å². The number of carbonyl (C=O) groups excluding carboxylic acids is 1. The monoisotopic (exact) mass is 344 g/mol. The first kappa shape index (κ1) is 15.8. The minimum atomic E-state index is 0.0468. The van der Waals surface area contributed by atoms with Gasteiger partial charge in [-0.15, -0.1) is 17.9 Å². The molecule has 0 saturated carbocycles. The second-order valence-corrected chi connectivity index (χ2v) is 6.84. The first-order valence-corrected chi connectivity index (χ1v) is 9.02. The fraction of sp³-hybridized carbons (Fsp3) is 0.176. The molecule has 0 spiro atoms. The Bertz CT molecular complexity index is 763. The van der Waals surface area contributed by atoms with Gasteiger partial charge in [-0.3, -0.25) is 4.79 Å². The Labute approximate surface area is 142 Å². The van der Waals surface area contributed by atoms with E-state index in [1.54, 1.807) is 22.3 Å². The number of carbonyl (C=O) groups is 1. The highest BCUT2D eigenvalue weighted by atomic mass is 32.2. The fourth-order valence-electron chi connectivity index (χ4n) is 2.13. The zero-order valence-corrected chi connectivity index (χ0v) is 14.1. The maximum atomic E-state index is 12.4. The number of oxazole rings is 1. The van der Waals surface area contributed by atoms with Gasteiger partial charge in [0.05, 0.1) is 12.3 Å². The van der Waals surface area contributed by atoms with Gasteiger partial charge in [0.25, 0.3) is 5.22 Å². The van der Waals surface area contributed by atoms with E-state index < -0.39 is 0 Å². The number of para-hydroxylation sites is 2. The zero-order valence-electron chi connectivity index (χ0n) is 12.5. The Hall–Kier alpha value is -2.05. The second kappa shape index (κ2) is 7.48. The number of thiophene rings is 1. The van der Waals surface area contributed by atoms with Crippen molar-refractivity contribution < 1.29 is 9.21 Å². The SMILES string of the molecule is C=CCN(Cc1cccs1)C(=O)CSc1nc2ccccc2o1. The normalized spacial score (nSPS) is 10.8. The lowest BCUT2D eigenvalue weighted by Gasteiger charge is -2.19. The summed E-state index contributed by atoms with van der Waals surface area (Å²) in [7, 11) is 0. The molecule has 23 heavy (non-hydrogen) atoms. The number of amides is 1. The number of benzene rings is 1. The summed E-state index contributed by atoms with van der Waals surface area (Å²) in [6, 6.07) is 11.6. The number of aromatic nitrogens is 1. The predicted octanol–water partition coefficient (Wildman–Crippen LogP) is 4.20. The van der Waals surface area contributed by atoms with Gasteiger partial charge in [0.1, 0.15) is 5.52 Å². The summed E-state index contributed by atoms with van der Waals surface area (Å²) >= 11 is 2.97. The highest BCUT2D eigenvalue weighted by molar-refractivity contribution is 7.99.